The van der Waals surface area contributed by atoms with Crippen LogP contribution in [0.5, 0.6) is 0 Å². The van der Waals surface area contributed by atoms with E-state index >= 15 is 0 Å². The Balaban J connectivity index is 1.72. The molecule has 1 fully saturated rings. The highest BCUT2D eigenvalue weighted by atomic mass is 35.5. The smallest absolute Gasteiger partial charge is 0.259 e. The van der Waals surface area contributed by atoms with E-state index in [1.807, 2.05) is 5.38 Å². The van der Waals surface area contributed by atoms with Gasteiger partial charge in [-0.1, -0.05) is 18.5 Å². The van der Waals surface area contributed by atoms with E-state index in [-0.39, 0.29) is 21.5 Å². The summed E-state index contributed by atoms with van der Waals surface area (Å²) in [6, 6.07) is 3.95. The van der Waals surface area contributed by atoms with Crippen molar-refractivity contribution >= 4 is 44.0 Å². The highest BCUT2D eigenvalue weighted by molar-refractivity contribution is 7.89. The predicted molar refractivity (Wildman–Crippen MR) is 125 cm³/mol. The molecule has 0 saturated carbocycles. The Morgan fingerprint density at radius 3 is 2.68 bits per heavy atom. The predicted octanol–water partition coefficient (Wildman–Crippen LogP) is 4.31. The van der Waals surface area contributed by atoms with Gasteiger partial charge in [0, 0.05) is 25.0 Å². The van der Waals surface area contributed by atoms with Gasteiger partial charge in [0.05, 0.1) is 21.2 Å². The minimum Gasteiger partial charge on any atom is -0.298 e. The molecular weight excluding hydrogens is 456 g/mol. The van der Waals surface area contributed by atoms with Gasteiger partial charge in [0.15, 0.2) is 5.13 Å². The summed E-state index contributed by atoms with van der Waals surface area (Å²) in [6.07, 6.45) is 2.38. The number of carbonyl (C=O) groups excluding carboxylic acids is 1. The number of likely N-dealkylation sites (tertiary alicyclic amines) is 1. The summed E-state index contributed by atoms with van der Waals surface area (Å²) < 4.78 is 26.8. The second-order valence-corrected chi connectivity index (χ2v) is 11.6. The zero-order valence-corrected chi connectivity index (χ0v) is 20.6. The van der Waals surface area contributed by atoms with Crippen molar-refractivity contribution in [3.05, 3.63) is 39.9 Å². The van der Waals surface area contributed by atoms with Crippen LogP contribution < -0.4 is 5.32 Å². The Labute approximate surface area is 193 Å². The maximum atomic E-state index is 12.8. The van der Waals surface area contributed by atoms with E-state index in [0.717, 1.165) is 31.2 Å². The Morgan fingerprint density at radius 1 is 1.35 bits per heavy atom. The van der Waals surface area contributed by atoms with Crippen molar-refractivity contribution < 1.29 is 13.2 Å². The lowest BCUT2D eigenvalue weighted by molar-refractivity contribution is 0.102. The molecule has 10 heteroatoms. The summed E-state index contributed by atoms with van der Waals surface area (Å²) in [5.41, 5.74) is 1.01. The van der Waals surface area contributed by atoms with Crippen LogP contribution >= 0.6 is 22.9 Å². The minimum atomic E-state index is -3.72. The van der Waals surface area contributed by atoms with E-state index in [4.69, 9.17) is 11.6 Å². The largest absolute Gasteiger partial charge is 0.298 e. The lowest BCUT2D eigenvalue weighted by Crippen LogP contribution is -2.33. The third-order valence-corrected chi connectivity index (χ3v) is 8.79. The number of rotatable bonds is 7. The number of piperidine rings is 1. The van der Waals surface area contributed by atoms with Gasteiger partial charge in [-0.3, -0.25) is 15.0 Å². The van der Waals surface area contributed by atoms with Gasteiger partial charge in [-0.2, -0.15) is 4.31 Å². The number of halogens is 1. The molecule has 1 aliphatic heterocycles. The summed E-state index contributed by atoms with van der Waals surface area (Å²) in [7, 11) is -2.22. The molecule has 7 nitrogen and oxygen atoms in total. The van der Waals surface area contributed by atoms with Crippen LogP contribution in [-0.4, -0.2) is 54.7 Å². The standard InChI is InChI=1S/C21H29ClN4O3S2/c1-14(2)25(4)31(28,29)17-5-6-19(22)18(11-17)20(27)24-21-23-16(13-30-21)12-26-9-7-15(3)8-10-26/h5-6,11,13-15H,7-10,12H2,1-4H3,(H,23,24,27). The molecule has 1 aromatic carbocycles. The fourth-order valence-corrected chi connectivity index (χ4v) is 5.63. The summed E-state index contributed by atoms with van der Waals surface area (Å²) in [6.45, 7) is 8.72. The Bertz CT molecular complexity index is 1030. The molecule has 0 atom stereocenters. The van der Waals surface area contributed by atoms with Crippen molar-refractivity contribution in [1.29, 1.82) is 0 Å². The van der Waals surface area contributed by atoms with Crippen LogP contribution in [0.4, 0.5) is 5.13 Å². The molecule has 31 heavy (non-hydrogen) atoms. The molecule has 0 bridgehead atoms. The van der Waals surface area contributed by atoms with E-state index < -0.39 is 15.9 Å². The first-order valence-electron chi connectivity index (χ1n) is 10.3. The van der Waals surface area contributed by atoms with E-state index in [2.05, 4.69) is 22.1 Å². The lowest BCUT2D eigenvalue weighted by Gasteiger charge is -2.29. The van der Waals surface area contributed by atoms with Gasteiger partial charge in [-0.25, -0.2) is 13.4 Å². The maximum Gasteiger partial charge on any atom is 0.259 e. The Hall–Kier alpha value is -1.52. The van der Waals surface area contributed by atoms with Crippen LogP contribution in [0, 0.1) is 5.92 Å². The van der Waals surface area contributed by atoms with Crippen LogP contribution in [0.3, 0.4) is 0 Å². The average molecular weight is 485 g/mol. The Kier molecular flexibility index (Phi) is 7.75. The molecule has 2 aromatic rings. The first kappa shape index (κ1) is 24.1. The number of benzene rings is 1. The molecular formula is C21H29ClN4O3S2. The molecule has 0 spiro atoms. The summed E-state index contributed by atoms with van der Waals surface area (Å²) in [5.74, 6) is 0.285. The third kappa shape index (κ3) is 5.84. The van der Waals surface area contributed by atoms with Gasteiger partial charge in [0.1, 0.15) is 0 Å². The number of nitrogens with one attached hydrogen (secondary N) is 1. The SMILES string of the molecule is CC1CCN(Cc2csc(NC(=O)c3cc(S(=O)(=O)N(C)C(C)C)ccc3Cl)n2)CC1. The molecule has 1 aromatic heterocycles. The molecule has 1 saturated heterocycles. The fourth-order valence-electron chi connectivity index (χ4n) is 3.33. The van der Waals surface area contributed by atoms with Gasteiger partial charge in [-0.15, -0.1) is 11.3 Å². The van der Waals surface area contributed by atoms with E-state index in [0.29, 0.717) is 5.13 Å². The summed E-state index contributed by atoms with van der Waals surface area (Å²) in [4.78, 5) is 19.7. The molecule has 0 unspecified atom stereocenters. The number of nitrogens with zero attached hydrogens (tertiary/aromatic N) is 3. The van der Waals surface area contributed by atoms with Crippen molar-refractivity contribution in [1.82, 2.24) is 14.2 Å². The van der Waals surface area contributed by atoms with Crippen LogP contribution in [-0.2, 0) is 16.6 Å². The van der Waals surface area contributed by atoms with Crippen molar-refractivity contribution in [2.45, 2.75) is 51.1 Å². The van der Waals surface area contributed by atoms with Crippen LogP contribution in [0.1, 0.15) is 49.7 Å². The number of thiazole rings is 1. The number of sulfonamides is 1. The van der Waals surface area contributed by atoms with Gasteiger partial charge in [0.25, 0.3) is 5.91 Å². The number of hydrogen-bond acceptors (Lipinski definition) is 6. The van der Waals surface area contributed by atoms with E-state index in [9.17, 15) is 13.2 Å². The molecule has 3 rings (SSSR count). The second-order valence-electron chi connectivity index (χ2n) is 8.31. The number of carbonyl (C=O) groups is 1. The zero-order chi connectivity index (χ0) is 22.8. The van der Waals surface area contributed by atoms with Crippen molar-refractivity contribution in [3.8, 4) is 0 Å². The fraction of sp³-hybridized carbons (Fsp3) is 0.524. The van der Waals surface area contributed by atoms with Crippen LogP contribution in [0.25, 0.3) is 0 Å². The molecule has 0 aliphatic carbocycles. The summed E-state index contributed by atoms with van der Waals surface area (Å²) in [5, 5.41) is 5.34. The summed E-state index contributed by atoms with van der Waals surface area (Å²) >= 11 is 7.55. The average Bonchev–Trinajstić information content (AvgIpc) is 3.15. The molecule has 170 valence electrons. The molecule has 0 radical (unpaired) electrons. The van der Waals surface area contributed by atoms with Gasteiger partial charge in [0.2, 0.25) is 10.0 Å². The molecule has 1 aliphatic rings. The number of hydrogen-bond donors (Lipinski definition) is 1. The quantitative estimate of drug-likeness (QED) is 0.633. The van der Waals surface area contributed by atoms with Crippen molar-refractivity contribution in [3.63, 3.8) is 0 Å². The highest BCUT2D eigenvalue weighted by Crippen LogP contribution is 2.26. The Morgan fingerprint density at radius 2 is 2.03 bits per heavy atom. The number of anilines is 1. The van der Waals surface area contributed by atoms with E-state index in [1.54, 1.807) is 13.8 Å². The van der Waals surface area contributed by atoms with Crippen LogP contribution in [0.15, 0.2) is 28.5 Å². The zero-order valence-electron chi connectivity index (χ0n) is 18.3. The van der Waals surface area contributed by atoms with Gasteiger partial charge >= 0.3 is 0 Å². The van der Waals surface area contributed by atoms with E-state index in [1.165, 1.54) is 53.7 Å². The lowest BCUT2D eigenvalue weighted by atomic mass is 9.99. The first-order valence-corrected chi connectivity index (χ1v) is 13.0. The number of aromatic nitrogens is 1. The maximum absolute atomic E-state index is 12.8. The van der Waals surface area contributed by atoms with Gasteiger partial charge in [-0.05, 0) is 63.9 Å². The minimum absolute atomic E-state index is 0.0254. The molecule has 1 amide bonds. The monoisotopic (exact) mass is 484 g/mol. The number of amides is 1. The van der Waals surface area contributed by atoms with Crippen LogP contribution in [0.2, 0.25) is 5.02 Å². The first-order chi connectivity index (χ1) is 14.6. The molecule has 2 heterocycles. The molecule has 1 N–H and O–H groups in total. The van der Waals surface area contributed by atoms with Crippen molar-refractivity contribution in [2.75, 3.05) is 25.5 Å². The van der Waals surface area contributed by atoms with Gasteiger partial charge < -0.3 is 0 Å². The normalized spacial score (nSPS) is 16.2. The topological polar surface area (TPSA) is 82.6 Å². The second kappa shape index (κ2) is 9.95. The van der Waals surface area contributed by atoms with Crippen molar-refractivity contribution in [2.24, 2.45) is 5.92 Å². The third-order valence-electron chi connectivity index (χ3n) is 5.62. The highest BCUT2D eigenvalue weighted by Gasteiger charge is 2.25.